The van der Waals surface area contributed by atoms with E-state index in [0.717, 1.165) is 32.7 Å². The largest absolute Gasteiger partial charge is 0.364 e. The lowest BCUT2D eigenvalue weighted by Crippen LogP contribution is -2.35. The summed E-state index contributed by atoms with van der Waals surface area (Å²) in [6, 6.07) is 11.9. The number of hydrogen-bond donors (Lipinski definition) is 2. The Morgan fingerprint density at radius 2 is 1.90 bits per heavy atom. The van der Waals surface area contributed by atoms with Gasteiger partial charge in [0.25, 0.3) is 10.1 Å². The van der Waals surface area contributed by atoms with Crippen LogP contribution < -0.4 is 10.6 Å². The summed E-state index contributed by atoms with van der Waals surface area (Å²) in [6.07, 6.45) is 1.01. The number of nitrogens with one attached hydrogen (secondary N) is 2. The molecule has 0 unspecified atom stereocenters. The Kier molecular flexibility index (Phi) is 7.30. The zero-order valence-electron chi connectivity index (χ0n) is 22.6. The summed E-state index contributed by atoms with van der Waals surface area (Å²) in [5, 5.41) is 9.84. The summed E-state index contributed by atoms with van der Waals surface area (Å²) in [6.45, 7) is 6.33. The Hall–Kier alpha value is -2.68. The third-order valence-electron chi connectivity index (χ3n) is 7.00. The average Bonchev–Trinajstić information content (AvgIpc) is 3.65. The highest BCUT2D eigenvalue weighted by atomic mass is 32.2. The Morgan fingerprint density at radius 1 is 1.10 bits per heavy atom. The second-order valence-corrected chi connectivity index (χ2v) is 14.3. The summed E-state index contributed by atoms with van der Waals surface area (Å²) in [5.41, 5.74) is 2.54. The van der Waals surface area contributed by atoms with Crippen LogP contribution in [0.5, 0.6) is 0 Å². The lowest BCUT2D eigenvalue weighted by Gasteiger charge is -2.25. The number of ether oxygens (including phenoxy) is 2. The molecule has 0 amide bonds. The minimum atomic E-state index is -3.59. The molecule has 212 valence electrons. The van der Waals surface area contributed by atoms with Crippen LogP contribution in [0.3, 0.4) is 0 Å². The number of rotatable bonds is 9. The molecule has 1 saturated carbocycles. The van der Waals surface area contributed by atoms with Crippen molar-refractivity contribution < 1.29 is 22.1 Å². The van der Waals surface area contributed by atoms with Crippen molar-refractivity contribution >= 4 is 54.8 Å². The SMILES string of the molecule is Cc1nc(NCc2cccs2)nc(N[C@@H]2C[C@H](COS(C)(=O)=O)[C@H]3OC(C)(C)O[C@H]32)c1-c1nc2ccccc2s1. The maximum Gasteiger partial charge on any atom is 0.264 e. The smallest absolute Gasteiger partial charge is 0.264 e. The fourth-order valence-corrected chi connectivity index (χ4v) is 7.48. The first kappa shape index (κ1) is 27.5. The standard InChI is InChI=1S/C27H31N5O5S3/c1-15-21(25-31-18-9-5-6-10-20(18)39-25)24(32-26(29-15)28-13-17-8-7-11-38-17)30-19-12-16(14-35-40(4,33)34)22-23(19)37-27(2,3)36-22/h5-11,16,19,22-23H,12-14H2,1-4H3,(H2,28,29,30,32)/t16-,19-,22-,23+/m1/s1. The van der Waals surface area contributed by atoms with Crippen molar-refractivity contribution in [1.82, 2.24) is 15.0 Å². The normalized spacial score (nSPS) is 23.9. The van der Waals surface area contributed by atoms with Gasteiger partial charge in [0.2, 0.25) is 5.95 Å². The molecule has 0 bridgehead atoms. The lowest BCUT2D eigenvalue weighted by atomic mass is 10.1. The molecular formula is C27H31N5O5S3. The van der Waals surface area contributed by atoms with Crippen LogP contribution >= 0.6 is 22.7 Å². The zero-order valence-corrected chi connectivity index (χ0v) is 25.0. The van der Waals surface area contributed by atoms with Crippen LogP contribution in [0.25, 0.3) is 20.8 Å². The van der Waals surface area contributed by atoms with Gasteiger partial charge in [0.1, 0.15) is 16.9 Å². The summed E-state index contributed by atoms with van der Waals surface area (Å²) >= 11 is 3.26. The van der Waals surface area contributed by atoms with E-state index in [1.165, 1.54) is 4.88 Å². The highest BCUT2D eigenvalue weighted by Crippen LogP contribution is 2.44. The van der Waals surface area contributed by atoms with Crippen LogP contribution in [-0.2, 0) is 30.3 Å². The van der Waals surface area contributed by atoms with Crippen LogP contribution in [0, 0.1) is 12.8 Å². The summed E-state index contributed by atoms with van der Waals surface area (Å²) in [4.78, 5) is 15.8. The molecule has 2 aliphatic rings. The number of fused-ring (bicyclic) bond motifs is 2. The third-order valence-corrected chi connectivity index (χ3v) is 9.49. The summed E-state index contributed by atoms with van der Waals surface area (Å²) in [7, 11) is -3.59. The number of nitrogens with zero attached hydrogens (tertiary/aromatic N) is 3. The van der Waals surface area contributed by atoms with Gasteiger partial charge in [0.05, 0.1) is 53.0 Å². The number of thiophene rings is 1. The van der Waals surface area contributed by atoms with E-state index in [1.807, 2.05) is 50.4 Å². The van der Waals surface area contributed by atoms with Crippen molar-refractivity contribution in [2.45, 2.75) is 57.8 Å². The number of para-hydroxylation sites is 1. The molecule has 4 aromatic rings. The van der Waals surface area contributed by atoms with Crippen LogP contribution in [-0.4, -0.2) is 60.3 Å². The van der Waals surface area contributed by atoms with Gasteiger partial charge in [-0.25, -0.2) is 9.97 Å². The topological polar surface area (TPSA) is 125 Å². The zero-order chi connectivity index (χ0) is 28.1. The van der Waals surface area contributed by atoms with E-state index in [9.17, 15) is 8.42 Å². The first-order chi connectivity index (χ1) is 19.0. The van der Waals surface area contributed by atoms with Gasteiger partial charge in [-0.2, -0.15) is 13.4 Å². The number of thiazole rings is 1. The molecule has 0 spiro atoms. The second kappa shape index (κ2) is 10.6. The van der Waals surface area contributed by atoms with Gasteiger partial charge in [0.15, 0.2) is 5.79 Å². The minimum Gasteiger partial charge on any atom is -0.364 e. The molecule has 1 aromatic carbocycles. The van der Waals surface area contributed by atoms with Gasteiger partial charge in [-0.3, -0.25) is 4.18 Å². The van der Waals surface area contributed by atoms with Crippen molar-refractivity contribution in [3.05, 3.63) is 52.3 Å². The third kappa shape index (κ3) is 5.85. The number of aromatic nitrogens is 3. The van der Waals surface area contributed by atoms with Crippen molar-refractivity contribution in [3.63, 3.8) is 0 Å². The molecule has 3 aromatic heterocycles. The highest BCUT2D eigenvalue weighted by Gasteiger charge is 2.54. The van der Waals surface area contributed by atoms with Crippen LogP contribution in [0.1, 0.15) is 30.8 Å². The van der Waals surface area contributed by atoms with Gasteiger partial charge in [-0.15, -0.1) is 22.7 Å². The summed E-state index contributed by atoms with van der Waals surface area (Å²) < 4.78 is 42.3. The van der Waals surface area contributed by atoms with E-state index in [-0.39, 0.29) is 30.8 Å². The van der Waals surface area contributed by atoms with E-state index in [2.05, 4.69) is 22.8 Å². The molecule has 4 atom stereocenters. The maximum atomic E-state index is 11.7. The van der Waals surface area contributed by atoms with Gasteiger partial charge < -0.3 is 20.1 Å². The van der Waals surface area contributed by atoms with Gasteiger partial charge in [-0.1, -0.05) is 18.2 Å². The Morgan fingerprint density at radius 3 is 2.65 bits per heavy atom. The van der Waals surface area contributed by atoms with Crippen LogP contribution in [0.4, 0.5) is 11.8 Å². The first-order valence-electron chi connectivity index (χ1n) is 13.0. The van der Waals surface area contributed by atoms with E-state index < -0.39 is 15.9 Å². The molecule has 1 aliphatic carbocycles. The number of anilines is 2. The quantitative estimate of drug-likeness (QED) is 0.252. The molecule has 40 heavy (non-hydrogen) atoms. The maximum absolute atomic E-state index is 11.7. The molecule has 4 heterocycles. The van der Waals surface area contributed by atoms with Crippen molar-refractivity contribution in [3.8, 4) is 10.6 Å². The minimum absolute atomic E-state index is 0.0266. The second-order valence-electron chi connectivity index (χ2n) is 10.6. The monoisotopic (exact) mass is 601 g/mol. The van der Waals surface area contributed by atoms with Gasteiger partial charge in [-0.05, 0) is 50.8 Å². The predicted octanol–water partition coefficient (Wildman–Crippen LogP) is 5.03. The van der Waals surface area contributed by atoms with Crippen LogP contribution in [0.15, 0.2) is 41.8 Å². The van der Waals surface area contributed by atoms with Gasteiger partial charge in [0, 0.05) is 10.8 Å². The summed E-state index contributed by atoms with van der Waals surface area (Å²) in [5.74, 6) is 0.170. The lowest BCUT2D eigenvalue weighted by molar-refractivity contribution is -0.158. The predicted molar refractivity (Wildman–Crippen MR) is 157 cm³/mol. The van der Waals surface area contributed by atoms with Crippen molar-refractivity contribution in [2.24, 2.45) is 5.92 Å². The molecule has 0 radical (unpaired) electrons. The highest BCUT2D eigenvalue weighted by molar-refractivity contribution is 7.85. The van der Waals surface area contributed by atoms with Crippen molar-refractivity contribution in [2.75, 3.05) is 23.5 Å². The fraction of sp³-hybridized carbons (Fsp3) is 0.444. The van der Waals surface area contributed by atoms with E-state index >= 15 is 0 Å². The molecule has 1 saturated heterocycles. The van der Waals surface area contributed by atoms with Crippen molar-refractivity contribution in [1.29, 1.82) is 0 Å². The molecule has 10 nitrogen and oxygen atoms in total. The Bertz CT molecular complexity index is 1590. The number of aryl methyl sites for hydroxylation is 1. The molecule has 2 N–H and O–H groups in total. The van der Waals surface area contributed by atoms with Crippen LogP contribution in [0.2, 0.25) is 0 Å². The number of hydrogen-bond acceptors (Lipinski definition) is 12. The first-order valence-corrected chi connectivity index (χ1v) is 16.5. The molecule has 6 rings (SSSR count). The average molecular weight is 602 g/mol. The van der Waals surface area contributed by atoms with E-state index in [1.54, 1.807) is 22.7 Å². The number of benzene rings is 1. The van der Waals surface area contributed by atoms with E-state index in [0.29, 0.717) is 24.7 Å². The molecule has 2 fully saturated rings. The fourth-order valence-electron chi connectivity index (χ4n) is 5.35. The Balaban J connectivity index is 1.35. The van der Waals surface area contributed by atoms with Gasteiger partial charge >= 0.3 is 0 Å². The molecule has 13 heteroatoms. The Labute approximate surface area is 241 Å². The molecular weight excluding hydrogens is 571 g/mol. The molecule has 1 aliphatic heterocycles. The van der Waals surface area contributed by atoms with E-state index in [4.69, 9.17) is 28.6 Å².